The summed E-state index contributed by atoms with van der Waals surface area (Å²) < 4.78 is 1.66. The number of rotatable bonds is 3. The topological polar surface area (TPSA) is 100 Å². The molecule has 0 fully saturated rings. The van der Waals surface area contributed by atoms with Gasteiger partial charge in [-0.25, -0.2) is 9.98 Å². The number of aliphatic imine (C=N–C) groups is 1. The standard InChI is InChI=1S/C14H15N5O/c1-14(2,20)18-11(8-15)12-13(16)19(9-17-12)10-6-4-3-5-7-10/h3-7,9,20H,16H2,1-2H3/b18-11+. The number of anilines is 1. The van der Waals surface area contributed by atoms with Crippen molar-refractivity contribution in [3.63, 3.8) is 0 Å². The van der Waals surface area contributed by atoms with E-state index in [9.17, 15) is 5.11 Å². The first kappa shape index (κ1) is 13.8. The molecular weight excluding hydrogens is 254 g/mol. The maximum absolute atomic E-state index is 9.68. The smallest absolute Gasteiger partial charge is 0.167 e. The Kier molecular flexibility index (Phi) is 3.55. The van der Waals surface area contributed by atoms with Crippen molar-refractivity contribution in [3.8, 4) is 11.8 Å². The Morgan fingerprint density at radius 3 is 2.60 bits per heavy atom. The fraction of sp³-hybridized carbons (Fsp3) is 0.214. The number of imidazole rings is 1. The number of aliphatic hydroxyl groups is 1. The summed E-state index contributed by atoms with van der Waals surface area (Å²) in [4.78, 5) is 8.04. The van der Waals surface area contributed by atoms with Crippen molar-refractivity contribution in [1.82, 2.24) is 9.55 Å². The van der Waals surface area contributed by atoms with Gasteiger partial charge >= 0.3 is 0 Å². The number of nitrogens with two attached hydrogens (primary N) is 1. The molecule has 0 radical (unpaired) electrons. The fourth-order valence-corrected chi connectivity index (χ4v) is 1.74. The number of benzene rings is 1. The van der Waals surface area contributed by atoms with Crippen LogP contribution in [0, 0.1) is 11.3 Å². The Hall–Kier alpha value is -2.65. The van der Waals surface area contributed by atoms with Crippen molar-refractivity contribution in [3.05, 3.63) is 42.4 Å². The maximum Gasteiger partial charge on any atom is 0.167 e. The van der Waals surface area contributed by atoms with Crippen molar-refractivity contribution < 1.29 is 5.11 Å². The molecule has 0 saturated heterocycles. The number of nitriles is 1. The molecule has 0 bridgehead atoms. The third-order valence-electron chi connectivity index (χ3n) is 2.55. The highest BCUT2D eigenvalue weighted by Crippen LogP contribution is 2.18. The van der Waals surface area contributed by atoms with Crippen molar-refractivity contribution in [2.24, 2.45) is 4.99 Å². The Bertz CT molecular complexity index is 674. The van der Waals surface area contributed by atoms with Crippen LogP contribution < -0.4 is 5.73 Å². The number of para-hydroxylation sites is 1. The van der Waals surface area contributed by atoms with Crippen molar-refractivity contribution in [2.45, 2.75) is 19.6 Å². The van der Waals surface area contributed by atoms with E-state index in [4.69, 9.17) is 11.0 Å². The van der Waals surface area contributed by atoms with Gasteiger partial charge in [0, 0.05) is 5.69 Å². The summed E-state index contributed by atoms with van der Waals surface area (Å²) in [6.45, 7) is 2.96. The molecule has 0 unspecified atom stereocenters. The highest BCUT2D eigenvalue weighted by molar-refractivity contribution is 6.13. The third kappa shape index (κ3) is 2.84. The van der Waals surface area contributed by atoms with E-state index in [0.29, 0.717) is 5.82 Å². The summed E-state index contributed by atoms with van der Waals surface area (Å²) in [5.74, 6) is 0.306. The monoisotopic (exact) mass is 269 g/mol. The first-order valence-electron chi connectivity index (χ1n) is 6.03. The minimum absolute atomic E-state index is 0.00433. The molecular formula is C14H15N5O. The van der Waals surface area contributed by atoms with Crippen LogP contribution in [-0.2, 0) is 0 Å². The van der Waals surface area contributed by atoms with Gasteiger partial charge in [0.15, 0.2) is 11.4 Å². The summed E-state index contributed by atoms with van der Waals surface area (Å²) in [6.07, 6.45) is 1.53. The Morgan fingerprint density at radius 1 is 1.40 bits per heavy atom. The van der Waals surface area contributed by atoms with Gasteiger partial charge in [0.05, 0.1) is 0 Å². The van der Waals surface area contributed by atoms with Crippen molar-refractivity contribution in [2.75, 3.05) is 5.73 Å². The number of hydrogen-bond donors (Lipinski definition) is 2. The lowest BCUT2D eigenvalue weighted by molar-refractivity contribution is 0.0911. The van der Waals surface area contributed by atoms with E-state index in [1.807, 2.05) is 36.4 Å². The first-order valence-corrected chi connectivity index (χ1v) is 6.03. The minimum atomic E-state index is -1.35. The maximum atomic E-state index is 9.68. The van der Waals surface area contributed by atoms with E-state index in [1.165, 1.54) is 20.2 Å². The second kappa shape index (κ2) is 5.15. The van der Waals surface area contributed by atoms with Gasteiger partial charge in [-0.15, -0.1) is 0 Å². The van der Waals surface area contributed by atoms with Gasteiger partial charge in [0.1, 0.15) is 23.9 Å². The van der Waals surface area contributed by atoms with Crippen LogP contribution in [0.5, 0.6) is 0 Å². The van der Waals surface area contributed by atoms with E-state index in [-0.39, 0.29) is 11.4 Å². The average Bonchev–Trinajstić information content (AvgIpc) is 2.78. The zero-order valence-electron chi connectivity index (χ0n) is 11.3. The molecule has 0 aliphatic rings. The molecule has 102 valence electrons. The predicted molar refractivity (Wildman–Crippen MR) is 76.4 cm³/mol. The Morgan fingerprint density at radius 2 is 2.05 bits per heavy atom. The van der Waals surface area contributed by atoms with Crippen LogP contribution in [0.25, 0.3) is 5.69 Å². The van der Waals surface area contributed by atoms with Crippen LogP contribution in [0.2, 0.25) is 0 Å². The first-order chi connectivity index (χ1) is 9.42. The van der Waals surface area contributed by atoms with Gasteiger partial charge in [0.2, 0.25) is 0 Å². The fourth-order valence-electron chi connectivity index (χ4n) is 1.74. The Balaban J connectivity index is 2.49. The van der Waals surface area contributed by atoms with Crippen LogP contribution in [0.1, 0.15) is 19.5 Å². The van der Waals surface area contributed by atoms with E-state index in [1.54, 1.807) is 4.57 Å². The van der Waals surface area contributed by atoms with E-state index >= 15 is 0 Å². The van der Waals surface area contributed by atoms with Crippen LogP contribution in [-0.4, -0.2) is 26.1 Å². The van der Waals surface area contributed by atoms with E-state index in [2.05, 4.69) is 9.98 Å². The second-order valence-electron chi connectivity index (χ2n) is 4.75. The van der Waals surface area contributed by atoms with Gasteiger partial charge in [-0.05, 0) is 26.0 Å². The van der Waals surface area contributed by atoms with E-state index < -0.39 is 5.72 Å². The normalized spacial score (nSPS) is 12.2. The lowest BCUT2D eigenvalue weighted by Gasteiger charge is -2.11. The number of nitrogen functional groups attached to an aromatic ring is 1. The van der Waals surface area contributed by atoms with Gasteiger partial charge < -0.3 is 10.8 Å². The third-order valence-corrected chi connectivity index (χ3v) is 2.55. The predicted octanol–water partition coefficient (Wildman–Crippen LogP) is 1.50. The molecule has 0 spiro atoms. The molecule has 2 rings (SSSR count). The molecule has 1 aromatic heterocycles. The van der Waals surface area contributed by atoms with Crippen LogP contribution in [0.3, 0.4) is 0 Å². The van der Waals surface area contributed by atoms with Crippen molar-refractivity contribution >= 4 is 11.5 Å². The number of hydrogen-bond acceptors (Lipinski definition) is 5. The molecule has 1 heterocycles. The molecule has 20 heavy (non-hydrogen) atoms. The molecule has 0 amide bonds. The number of aromatic nitrogens is 2. The minimum Gasteiger partial charge on any atom is -0.383 e. The molecule has 6 nitrogen and oxygen atoms in total. The molecule has 3 N–H and O–H groups in total. The second-order valence-corrected chi connectivity index (χ2v) is 4.75. The molecule has 2 aromatic rings. The zero-order valence-corrected chi connectivity index (χ0v) is 11.3. The summed E-state index contributed by atoms with van der Waals surface area (Å²) in [5, 5.41) is 18.8. The lowest BCUT2D eigenvalue weighted by Crippen LogP contribution is -2.18. The highest BCUT2D eigenvalue weighted by atomic mass is 16.3. The molecule has 0 atom stereocenters. The summed E-state index contributed by atoms with van der Waals surface area (Å²) >= 11 is 0. The van der Waals surface area contributed by atoms with Gasteiger partial charge in [-0.1, -0.05) is 18.2 Å². The summed E-state index contributed by atoms with van der Waals surface area (Å²) in [6, 6.07) is 11.3. The molecule has 6 heteroatoms. The van der Waals surface area contributed by atoms with E-state index in [0.717, 1.165) is 5.69 Å². The largest absolute Gasteiger partial charge is 0.383 e. The number of nitrogens with zero attached hydrogens (tertiary/aromatic N) is 4. The van der Waals surface area contributed by atoms with Crippen molar-refractivity contribution in [1.29, 1.82) is 5.26 Å². The SMILES string of the molecule is CC(C)(O)/N=C(\C#N)c1ncn(-c2ccccc2)c1N. The lowest BCUT2D eigenvalue weighted by atomic mass is 10.2. The molecule has 0 aliphatic carbocycles. The van der Waals surface area contributed by atoms with Gasteiger partial charge in [0.25, 0.3) is 0 Å². The molecule has 1 aromatic carbocycles. The Labute approximate surface area is 116 Å². The van der Waals surface area contributed by atoms with Gasteiger partial charge in [-0.2, -0.15) is 5.26 Å². The van der Waals surface area contributed by atoms with Gasteiger partial charge in [-0.3, -0.25) is 4.57 Å². The van der Waals surface area contributed by atoms with Crippen LogP contribution >= 0.6 is 0 Å². The van der Waals surface area contributed by atoms with Crippen LogP contribution in [0.15, 0.2) is 41.7 Å². The molecule has 0 aliphatic heterocycles. The summed E-state index contributed by atoms with van der Waals surface area (Å²) in [7, 11) is 0. The highest BCUT2D eigenvalue weighted by Gasteiger charge is 2.18. The quantitative estimate of drug-likeness (QED) is 0.824. The molecule has 0 saturated carbocycles. The summed E-state index contributed by atoms with van der Waals surface area (Å²) in [5.41, 5.74) is 5.77. The average molecular weight is 269 g/mol. The van der Waals surface area contributed by atoms with Crippen LogP contribution in [0.4, 0.5) is 5.82 Å². The zero-order chi connectivity index (χ0) is 14.8.